The van der Waals surface area contributed by atoms with E-state index in [1.54, 1.807) is 0 Å². The lowest BCUT2D eigenvalue weighted by Gasteiger charge is -2.28. The first-order valence-corrected chi connectivity index (χ1v) is 2.96. The lowest BCUT2D eigenvalue weighted by Crippen LogP contribution is -2.54. The second kappa shape index (κ2) is 3.28. The van der Waals surface area contributed by atoms with Crippen LogP contribution in [0.2, 0.25) is 0 Å². The standard InChI is InChI=1S/C5H3F7O2/c6-3(1-2(13)14,4(7,8)9)5(10,11)12/h1H2,(H,13,14). The van der Waals surface area contributed by atoms with Gasteiger partial charge in [-0.3, -0.25) is 4.79 Å². The van der Waals surface area contributed by atoms with E-state index in [4.69, 9.17) is 5.11 Å². The quantitative estimate of drug-likeness (QED) is 0.736. The van der Waals surface area contributed by atoms with Crippen molar-refractivity contribution >= 4 is 5.97 Å². The molecule has 0 spiro atoms. The van der Waals surface area contributed by atoms with Crippen LogP contribution in [0, 0.1) is 0 Å². The van der Waals surface area contributed by atoms with Gasteiger partial charge in [-0.1, -0.05) is 0 Å². The molecule has 0 aliphatic carbocycles. The molecule has 0 aromatic carbocycles. The monoisotopic (exact) mass is 228 g/mol. The van der Waals surface area contributed by atoms with Crippen LogP contribution in [0.4, 0.5) is 30.7 Å². The molecule has 0 bridgehead atoms. The topological polar surface area (TPSA) is 37.3 Å². The van der Waals surface area contributed by atoms with Crippen molar-refractivity contribution in [3.63, 3.8) is 0 Å². The second-order valence-corrected chi connectivity index (χ2v) is 2.37. The van der Waals surface area contributed by atoms with Crippen molar-refractivity contribution in [2.45, 2.75) is 24.4 Å². The Hall–Kier alpha value is -1.02. The first-order chi connectivity index (χ1) is 5.92. The molecule has 0 saturated carbocycles. The minimum Gasteiger partial charge on any atom is -0.481 e. The molecular weight excluding hydrogens is 225 g/mol. The van der Waals surface area contributed by atoms with E-state index in [9.17, 15) is 35.5 Å². The van der Waals surface area contributed by atoms with Gasteiger partial charge in [-0.15, -0.1) is 0 Å². The Morgan fingerprint density at radius 1 is 0.929 bits per heavy atom. The number of carboxylic acids is 1. The zero-order valence-corrected chi connectivity index (χ0v) is 6.21. The molecule has 0 aliphatic heterocycles. The lowest BCUT2D eigenvalue weighted by atomic mass is 10.0. The summed E-state index contributed by atoms with van der Waals surface area (Å²) in [6.45, 7) is 0. The summed E-state index contributed by atoms with van der Waals surface area (Å²) in [6, 6.07) is 0. The average Bonchev–Trinajstić information content (AvgIpc) is 1.79. The van der Waals surface area contributed by atoms with Gasteiger partial charge in [-0.25, -0.2) is 4.39 Å². The summed E-state index contributed by atoms with van der Waals surface area (Å²) in [4.78, 5) is 9.67. The summed E-state index contributed by atoms with van der Waals surface area (Å²) in [5.41, 5.74) is -5.70. The third kappa shape index (κ3) is 2.26. The number of halogens is 7. The number of carbonyl (C=O) groups is 1. The molecular formula is C5H3F7O2. The number of carboxylic acid groups (broad SMARTS) is 1. The zero-order chi connectivity index (χ0) is 11.8. The van der Waals surface area contributed by atoms with E-state index in [0.717, 1.165) is 0 Å². The Balaban J connectivity index is 5.18. The molecule has 0 aliphatic rings. The summed E-state index contributed by atoms with van der Waals surface area (Å²) >= 11 is 0. The Morgan fingerprint density at radius 3 is 1.29 bits per heavy atom. The molecule has 0 heterocycles. The predicted molar refractivity (Wildman–Crippen MR) is 28.2 cm³/mol. The normalized spacial score (nSPS) is 14.2. The maximum absolute atomic E-state index is 12.4. The van der Waals surface area contributed by atoms with E-state index in [2.05, 4.69) is 0 Å². The van der Waals surface area contributed by atoms with Gasteiger partial charge in [0.2, 0.25) is 0 Å². The molecule has 84 valence electrons. The average molecular weight is 228 g/mol. The Bertz CT molecular complexity index is 213. The molecule has 0 aromatic heterocycles. The number of rotatable bonds is 2. The highest BCUT2D eigenvalue weighted by atomic mass is 19.4. The van der Waals surface area contributed by atoms with Gasteiger partial charge >= 0.3 is 24.0 Å². The van der Waals surface area contributed by atoms with Gasteiger partial charge in [0.25, 0.3) is 0 Å². The number of alkyl halides is 7. The first-order valence-electron chi connectivity index (χ1n) is 2.96. The molecule has 0 aromatic rings. The third-order valence-electron chi connectivity index (χ3n) is 1.29. The molecule has 0 saturated heterocycles. The SMILES string of the molecule is O=C(O)CC(F)(C(F)(F)F)C(F)(F)F. The number of hydrogen-bond donors (Lipinski definition) is 1. The van der Waals surface area contributed by atoms with Gasteiger partial charge in [-0.2, -0.15) is 26.3 Å². The molecule has 14 heavy (non-hydrogen) atoms. The van der Waals surface area contributed by atoms with Crippen LogP contribution in [0.25, 0.3) is 0 Å². The first kappa shape index (κ1) is 13.0. The minimum atomic E-state index is -6.30. The van der Waals surface area contributed by atoms with Crippen molar-refractivity contribution in [3.05, 3.63) is 0 Å². The Morgan fingerprint density at radius 2 is 1.21 bits per heavy atom. The van der Waals surface area contributed by atoms with E-state index >= 15 is 0 Å². The van der Waals surface area contributed by atoms with E-state index in [0.29, 0.717) is 0 Å². The van der Waals surface area contributed by atoms with Crippen LogP contribution < -0.4 is 0 Å². The maximum Gasteiger partial charge on any atom is 0.432 e. The molecule has 0 unspecified atom stereocenters. The number of hydrogen-bond acceptors (Lipinski definition) is 1. The molecule has 0 fully saturated rings. The van der Waals surface area contributed by atoms with Crippen molar-refractivity contribution in [1.29, 1.82) is 0 Å². The summed E-state index contributed by atoms with van der Waals surface area (Å²) in [5, 5.41) is 7.74. The highest BCUT2D eigenvalue weighted by Gasteiger charge is 2.73. The highest BCUT2D eigenvalue weighted by Crippen LogP contribution is 2.48. The predicted octanol–water partition coefficient (Wildman–Crippen LogP) is 2.29. The third-order valence-corrected chi connectivity index (χ3v) is 1.29. The van der Waals surface area contributed by atoms with Crippen LogP contribution in [0.3, 0.4) is 0 Å². The fourth-order valence-electron chi connectivity index (χ4n) is 0.570. The number of aliphatic carboxylic acids is 1. The van der Waals surface area contributed by atoms with Crippen molar-refractivity contribution in [3.8, 4) is 0 Å². The summed E-state index contributed by atoms with van der Waals surface area (Å²) < 4.78 is 82.0. The van der Waals surface area contributed by atoms with Gasteiger partial charge in [0.15, 0.2) is 0 Å². The van der Waals surface area contributed by atoms with E-state index in [-0.39, 0.29) is 0 Å². The van der Waals surface area contributed by atoms with Gasteiger partial charge in [0.1, 0.15) is 0 Å². The van der Waals surface area contributed by atoms with Gasteiger partial charge in [-0.05, 0) is 0 Å². The second-order valence-electron chi connectivity index (χ2n) is 2.37. The molecule has 0 radical (unpaired) electrons. The van der Waals surface area contributed by atoms with Crippen molar-refractivity contribution < 1.29 is 40.6 Å². The van der Waals surface area contributed by atoms with E-state index in [1.165, 1.54) is 0 Å². The van der Waals surface area contributed by atoms with Gasteiger partial charge < -0.3 is 5.11 Å². The van der Waals surface area contributed by atoms with Crippen LogP contribution in [0.5, 0.6) is 0 Å². The zero-order valence-electron chi connectivity index (χ0n) is 6.21. The van der Waals surface area contributed by atoms with Crippen LogP contribution in [0.15, 0.2) is 0 Å². The van der Waals surface area contributed by atoms with E-state index < -0.39 is 30.4 Å². The fraction of sp³-hybridized carbons (Fsp3) is 0.800. The molecule has 0 atom stereocenters. The molecule has 2 nitrogen and oxygen atoms in total. The van der Waals surface area contributed by atoms with Crippen LogP contribution >= 0.6 is 0 Å². The van der Waals surface area contributed by atoms with E-state index in [1.807, 2.05) is 0 Å². The van der Waals surface area contributed by atoms with Gasteiger partial charge in [0, 0.05) is 0 Å². The minimum absolute atomic E-state index is 2.53. The summed E-state index contributed by atoms with van der Waals surface area (Å²) in [6.07, 6.45) is -15.3. The fourth-order valence-corrected chi connectivity index (χ4v) is 0.570. The Kier molecular flexibility index (Phi) is 3.04. The smallest absolute Gasteiger partial charge is 0.432 e. The van der Waals surface area contributed by atoms with Crippen LogP contribution in [0.1, 0.15) is 6.42 Å². The molecule has 9 heteroatoms. The summed E-state index contributed by atoms with van der Waals surface area (Å²) in [5.74, 6) is -2.53. The van der Waals surface area contributed by atoms with Crippen molar-refractivity contribution in [2.24, 2.45) is 0 Å². The molecule has 1 N–H and O–H groups in total. The van der Waals surface area contributed by atoms with Crippen molar-refractivity contribution in [2.75, 3.05) is 0 Å². The maximum atomic E-state index is 12.4. The Labute approximate surface area is 72.3 Å². The van der Waals surface area contributed by atoms with Crippen molar-refractivity contribution in [1.82, 2.24) is 0 Å². The van der Waals surface area contributed by atoms with Crippen LogP contribution in [-0.4, -0.2) is 29.1 Å². The molecule has 0 amide bonds. The summed E-state index contributed by atoms with van der Waals surface area (Å²) in [7, 11) is 0. The highest BCUT2D eigenvalue weighted by molar-refractivity contribution is 5.68. The lowest BCUT2D eigenvalue weighted by molar-refractivity contribution is -0.341. The molecule has 0 rings (SSSR count). The van der Waals surface area contributed by atoms with Crippen LogP contribution in [-0.2, 0) is 4.79 Å². The largest absolute Gasteiger partial charge is 0.481 e. The van der Waals surface area contributed by atoms with Gasteiger partial charge in [0.05, 0.1) is 6.42 Å².